The minimum atomic E-state index is -0.655. The molecule has 0 saturated heterocycles. The SMILES string of the molecule is CC(C)[C@H](N)C(=O)NCC(=O)Nc1cccc(OCc2cccc(F)c2)c1. The summed E-state index contributed by atoms with van der Waals surface area (Å²) in [5, 5.41) is 5.19. The number of ether oxygens (including phenoxy) is 1. The Kier molecular flexibility index (Phi) is 7.31. The second kappa shape index (κ2) is 9.68. The highest BCUT2D eigenvalue weighted by atomic mass is 19.1. The molecule has 2 rings (SSSR count). The van der Waals surface area contributed by atoms with Crippen molar-refractivity contribution in [2.45, 2.75) is 26.5 Å². The van der Waals surface area contributed by atoms with E-state index in [9.17, 15) is 14.0 Å². The van der Waals surface area contributed by atoms with Gasteiger partial charge in [0.05, 0.1) is 12.6 Å². The van der Waals surface area contributed by atoms with Gasteiger partial charge in [0.1, 0.15) is 18.2 Å². The van der Waals surface area contributed by atoms with Crippen molar-refractivity contribution in [3.8, 4) is 5.75 Å². The molecular weight excluding hydrogens is 349 g/mol. The van der Waals surface area contributed by atoms with Gasteiger partial charge in [0, 0.05) is 11.8 Å². The third-order valence-electron chi connectivity index (χ3n) is 3.86. The molecule has 0 fully saturated rings. The summed E-state index contributed by atoms with van der Waals surface area (Å²) in [6, 6.07) is 12.3. The minimum Gasteiger partial charge on any atom is -0.489 e. The number of benzene rings is 2. The first kappa shape index (κ1) is 20.4. The van der Waals surface area contributed by atoms with Crippen LogP contribution >= 0.6 is 0 Å². The van der Waals surface area contributed by atoms with Crippen molar-refractivity contribution in [3.63, 3.8) is 0 Å². The van der Waals surface area contributed by atoms with Gasteiger partial charge in [0.25, 0.3) is 0 Å². The van der Waals surface area contributed by atoms with Crippen molar-refractivity contribution >= 4 is 17.5 Å². The third kappa shape index (κ3) is 6.71. The fourth-order valence-electron chi connectivity index (χ4n) is 2.25. The molecule has 2 aromatic rings. The topological polar surface area (TPSA) is 93.5 Å². The summed E-state index contributed by atoms with van der Waals surface area (Å²) in [7, 11) is 0. The lowest BCUT2D eigenvalue weighted by Gasteiger charge is -2.15. The molecule has 1 atom stereocenters. The van der Waals surface area contributed by atoms with Crippen molar-refractivity contribution in [1.82, 2.24) is 5.32 Å². The van der Waals surface area contributed by atoms with Crippen molar-refractivity contribution in [3.05, 3.63) is 59.9 Å². The van der Waals surface area contributed by atoms with Crippen LogP contribution in [0.5, 0.6) is 5.75 Å². The first-order chi connectivity index (χ1) is 12.8. The van der Waals surface area contributed by atoms with Gasteiger partial charge in [-0.05, 0) is 35.7 Å². The smallest absolute Gasteiger partial charge is 0.243 e. The van der Waals surface area contributed by atoms with Crippen LogP contribution in [-0.2, 0) is 16.2 Å². The first-order valence-corrected chi connectivity index (χ1v) is 8.65. The molecule has 4 N–H and O–H groups in total. The maximum Gasteiger partial charge on any atom is 0.243 e. The number of hydrogen-bond donors (Lipinski definition) is 3. The Morgan fingerprint density at radius 2 is 1.89 bits per heavy atom. The molecule has 7 heteroatoms. The summed E-state index contributed by atoms with van der Waals surface area (Å²) >= 11 is 0. The molecule has 6 nitrogen and oxygen atoms in total. The summed E-state index contributed by atoms with van der Waals surface area (Å²) in [5.74, 6) is -0.548. The van der Waals surface area contributed by atoms with Crippen molar-refractivity contribution in [1.29, 1.82) is 0 Å². The van der Waals surface area contributed by atoms with Crippen LogP contribution < -0.4 is 21.1 Å². The van der Waals surface area contributed by atoms with E-state index in [1.54, 1.807) is 36.4 Å². The van der Waals surface area contributed by atoms with Gasteiger partial charge in [-0.2, -0.15) is 0 Å². The van der Waals surface area contributed by atoms with Gasteiger partial charge in [-0.15, -0.1) is 0 Å². The molecule has 0 spiro atoms. The number of anilines is 1. The Morgan fingerprint density at radius 3 is 2.59 bits per heavy atom. The van der Waals surface area contributed by atoms with Gasteiger partial charge in [-0.1, -0.05) is 32.0 Å². The first-order valence-electron chi connectivity index (χ1n) is 8.65. The second-order valence-electron chi connectivity index (χ2n) is 6.48. The number of rotatable bonds is 8. The van der Waals surface area contributed by atoms with Crippen LogP contribution in [0.3, 0.4) is 0 Å². The van der Waals surface area contributed by atoms with E-state index in [2.05, 4.69) is 10.6 Å². The predicted molar refractivity (Wildman–Crippen MR) is 102 cm³/mol. The minimum absolute atomic E-state index is 0.0139. The van der Waals surface area contributed by atoms with Crippen LogP contribution in [0.4, 0.5) is 10.1 Å². The molecule has 0 aromatic heterocycles. The quantitative estimate of drug-likeness (QED) is 0.663. The Morgan fingerprint density at radius 1 is 1.15 bits per heavy atom. The molecule has 2 amide bonds. The number of hydrogen-bond acceptors (Lipinski definition) is 4. The number of nitrogens with one attached hydrogen (secondary N) is 2. The molecule has 0 unspecified atom stereocenters. The number of amides is 2. The highest BCUT2D eigenvalue weighted by Gasteiger charge is 2.17. The summed E-state index contributed by atoms with van der Waals surface area (Å²) in [6.07, 6.45) is 0. The zero-order valence-corrected chi connectivity index (χ0v) is 15.4. The summed E-state index contributed by atoms with van der Waals surface area (Å²) in [4.78, 5) is 23.8. The molecule has 0 saturated carbocycles. The molecule has 144 valence electrons. The zero-order chi connectivity index (χ0) is 19.8. The molecule has 0 heterocycles. The van der Waals surface area contributed by atoms with E-state index in [0.29, 0.717) is 17.0 Å². The fourth-order valence-corrected chi connectivity index (χ4v) is 2.25. The van der Waals surface area contributed by atoms with E-state index in [1.165, 1.54) is 12.1 Å². The highest BCUT2D eigenvalue weighted by Crippen LogP contribution is 2.18. The van der Waals surface area contributed by atoms with Crippen LogP contribution in [-0.4, -0.2) is 24.4 Å². The largest absolute Gasteiger partial charge is 0.489 e. The average molecular weight is 373 g/mol. The number of nitrogens with two attached hydrogens (primary N) is 1. The lowest BCUT2D eigenvalue weighted by Crippen LogP contribution is -2.46. The van der Waals surface area contributed by atoms with E-state index in [0.717, 1.165) is 0 Å². The molecular formula is C20H24FN3O3. The fraction of sp³-hybridized carbons (Fsp3) is 0.300. The Bertz CT molecular complexity index is 796. The summed E-state index contributed by atoms with van der Waals surface area (Å²) in [6.45, 7) is 3.70. The van der Waals surface area contributed by atoms with E-state index in [4.69, 9.17) is 10.5 Å². The third-order valence-corrected chi connectivity index (χ3v) is 3.86. The van der Waals surface area contributed by atoms with Gasteiger partial charge in [0.15, 0.2) is 0 Å². The van der Waals surface area contributed by atoms with Gasteiger partial charge < -0.3 is 21.1 Å². The maximum atomic E-state index is 13.2. The lowest BCUT2D eigenvalue weighted by molar-refractivity contribution is -0.125. The van der Waals surface area contributed by atoms with Crippen molar-refractivity contribution in [2.24, 2.45) is 11.7 Å². The van der Waals surface area contributed by atoms with Crippen LogP contribution in [0.1, 0.15) is 19.4 Å². The van der Waals surface area contributed by atoms with E-state index < -0.39 is 6.04 Å². The van der Waals surface area contributed by atoms with E-state index in [1.807, 2.05) is 13.8 Å². The Balaban J connectivity index is 1.85. The normalized spacial score (nSPS) is 11.7. The lowest BCUT2D eigenvalue weighted by atomic mass is 10.1. The summed E-state index contributed by atoms with van der Waals surface area (Å²) in [5.41, 5.74) is 6.95. The van der Waals surface area contributed by atoms with Crippen LogP contribution in [0.2, 0.25) is 0 Å². The maximum absolute atomic E-state index is 13.2. The number of carbonyl (C=O) groups is 2. The van der Waals surface area contributed by atoms with Gasteiger partial charge >= 0.3 is 0 Å². The molecule has 0 bridgehead atoms. The summed E-state index contributed by atoms with van der Waals surface area (Å²) < 4.78 is 18.8. The van der Waals surface area contributed by atoms with Gasteiger partial charge in [-0.25, -0.2) is 4.39 Å². The van der Waals surface area contributed by atoms with E-state index in [-0.39, 0.29) is 36.7 Å². The standard InChI is InChI=1S/C20H24FN3O3/c1-13(2)19(22)20(26)23-11-18(25)24-16-7-4-8-17(10-16)27-12-14-5-3-6-15(21)9-14/h3-10,13,19H,11-12,22H2,1-2H3,(H,23,26)(H,24,25)/t19-/m0/s1. The molecule has 0 aliphatic heterocycles. The number of halogens is 1. The molecule has 0 aliphatic rings. The molecule has 2 aromatic carbocycles. The van der Waals surface area contributed by atoms with Crippen LogP contribution in [0.15, 0.2) is 48.5 Å². The number of carbonyl (C=O) groups excluding carboxylic acids is 2. The molecule has 0 aliphatic carbocycles. The zero-order valence-electron chi connectivity index (χ0n) is 15.4. The molecule has 27 heavy (non-hydrogen) atoms. The van der Waals surface area contributed by atoms with Crippen LogP contribution in [0.25, 0.3) is 0 Å². The average Bonchev–Trinajstić information content (AvgIpc) is 2.64. The Hall–Kier alpha value is -2.93. The molecule has 0 radical (unpaired) electrons. The van der Waals surface area contributed by atoms with E-state index >= 15 is 0 Å². The predicted octanol–water partition coefficient (Wildman–Crippen LogP) is 2.44. The monoisotopic (exact) mass is 373 g/mol. The second-order valence-corrected chi connectivity index (χ2v) is 6.48. The van der Waals surface area contributed by atoms with Gasteiger partial charge in [-0.3, -0.25) is 9.59 Å². The van der Waals surface area contributed by atoms with Crippen molar-refractivity contribution in [2.75, 3.05) is 11.9 Å². The van der Waals surface area contributed by atoms with Crippen molar-refractivity contribution < 1.29 is 18.7 Å². The highest BCUT2D eigenvalue weighted by molar-refractivity contribution is 5.95. The van der Waals surface area contributed by atoms with Gasteiger partial charge in [0.2, 0.25) is 11.8 Å². The van der Waals surface area contributed by atoms with Crippen LogP contribution in [0, 0.1) is 11.7 Å². The Labute approximate surface area is 157 Å².